The second kappa shape index (κ2) is 8.16. The minimum Gasteiger partial charge on any atom is -0.396 e. The van der Waals surface area contributed by atoms with E-state index in [2.05, 4.69) is 16.9 Å². The number of hydrogen-bond donors (Lipinski definition) is 1. The van der Waals surface area contributed by atoms with Gasteiger partial charge in [0.1, 0.15) is 15.4 Å². The van der Waals surface area contributed by atoms with Crippen LogP contribution in [-0.2, 0) is 10.8 Å². The number of hydrogen-bond acceptors (Lipinski definition) is 6. The van der Waals surface area contributed by atoms with Crippen molar-refractivity contribution >= 4 is 38.0 Å². The summed E-state index contributed by atoms with van der Waals surface area (Å²) < 4.78 is 13.5. The van der Waals surface area contributed by atoms with Crippen molar-refractivity contribution in [2.75, 3.05) is 11.5 Å². The SMILES string of the molecule is CCCC[S@](=O)c1sc2nc(-c3cncnc3)cc(-c3ccccc3)c2c1N. The van der Waals surface area contributed by atoms with Gasteiger partial charge in [0.05, 0.1) is 22.2 Å². The van der Waals surface area contributed by atoms with E-state index in [1.54, 1.807) is 12.4 Å². The molecule has 7 heteroatoms. The summed E-state index contributed by atoms with van der Waals surface area (Å²) in [4.78, 5) is 13.8. The third-order valence-corrected chi connectivity index (χ3v) is 7.49. The standard InChI is InChI=1S/C21H20N4OS2/c1-2-3-9-28(26)21-19(22)18-16(14-7-5-4-6-8-14)10-17(25-20(18)27-21)15-11-23-13-24-12-15/h4-8,10-13H,2-3,9,22H2,1H3/t28-/m0/s1. The lowest BCUT2D eigenvalue weighted by molar-refractivity contribution is 0.681. The van der Waals surface area contributed by atoms with Crippen molar-refractivity contribution in [3.63, 3.8) is 0 Å². The van der Waals surface area contributed by atoms with Gasteiger partial charge in [0.25, 0.3) is 0 Å². The van der Waals surface area contributed by atoms with Gasteiger partial charge in [-0.15, -0.1) is 11.3 Å². The van der Waals surface area contributed by atoms with Crippen molar-refractivity contribution in [2.24, 2.45) is 0 Å². The van der Waals surface area contributed by atoms with E-state index in [-0.39, 0.29) is 0 Å². The van der Waals surface area contributed by atoms with Crippen LogP contribution in [0.15, 0.2) is 59.3 Å². The molecule has 0 saturated carbocycles. The van der Waals surface area contributed by atoms with Gasteiger partial charge in [-0.25, -0.2) is 15.0 Å². The number of thiophene rings is 1. The molecule has 0 bridgehead atoms. The molecule has 1 aromatic carbocycles. The fourth-order valence-corrected chi connectivity index (χ4v) is 5.86. The van der Waals surface area contributed by atoms with E-state index in [9.17, 15) is 4.21 Å². The van der Waals surface area contributed by atoms with Gasteiger partial charge >= 0.3 is 0 Å². The summed E-state index contributed by atoms with van der Waals surface area (Å²) in [5.74, 6) is 0.619. The van der Waals surface area contributed by atoms with Crippen LogP contribution in [0, 0.1) is 0 Å². The largest absolute Gasteiger partial charge is 0.396 e. The van der Waals surface area contributed by atoms with Gasteiger partial charge in [-0.05, 0) is 23.6 Å². The number of pyridine rings is 1. The molecule has 28 heavy (non-hydrogen) atoms. The van der Waals surface area contributed by atoms with Crippen molar-refractivity contribution < 1.29 is 4.21 Å². The fraction of sp³-hybridized carbons (Fsp3) is 0.190. The number of nitrogens with zero attached hydrogens (tertiary/aromatic N) is 3. The quantitative estimate of drug-likeness (QED) is 0.490. The van der Waals surface area contributed by atoms with E-state index in [4.69, 9.17) is 10.7 Å². The lowest BCUT2D eigenvalue weighted by Gasteiger charge is -2.08. The molecule has 1 atom stereocenters. The number of rotatable bonds is 6. The number of benzene rings is 1. The van der Waals surface area contributed by atoms with E-state index >= 15 is 0 Å². The van der Waals surface area contributed by atoms with Crippen LogP contribution >= 0.6 is 11.3 Å². The van der Waals surface area contributed by atoms with Crippen LogP contribution in [-0.4, -0.2) is 24.9 Å². The first-order chi connectivity index (χ1) is 13.7. The van der Waals surface area contributed by atoms with Gasteiger partial charge in [0, 0.05) is 29.1 Å². The van der Waals surface area contributed by atoms with E-state index < -0.39 is 10.8 Å². The number of nitrogen functional groups attached to an aromatic ring is 1. The first kappa shape index (κ1) is 18.7. The van der Waals surface area contributed by atoms with Crippen LogP contribution in [0.5, 0.6) is 0 Å². The molecule has 0 amide bonds. The molecule has 0 aliphatic heterocycles. The van der Waals surface area contributed by atoms with Gasteiger partial charge in [-0.2, -0.15) is 0 Å². The average molecular weight is 409 g/mol. The maximum absolute atomic E-state index is 12.8. The monoisotopic (exact) mass is 408 g/mol. The molecule has 4 rings (SSSR count). The van der Waals surface area contributed by atoms with Crippen molar-refractivity contribution in [3.05, 3.63) is 55.1 Å². The smallest absolute Gasteiger partial charge is 0.127 e. The minimum absolute atomic E-state index is 0.580. The number of fused-ring (bicyclic) bond motifs is 1. The van der Waals surface area contributed by atoms with Crippen molar-refractivity contribution in [3.8, 4) is 22.4 Å². The fourth-order valence-electron chi connectivity index (χ4n) is 3.06. The number of aromatic nitrogens is 3. The molecule has 0 fully saturated rings. The Hall–Kier alpha value is -2.64. The topological polar surface area (TPSA) is 81.8 Å². The minimum atomic E-state index is -1.11. The summed E-state index contributed by atoms with van der Waals surface area (Å²) in [6.07, 6.45) is 6.90. The third kappa shape index (κ3) is 3.55. The third-order valence-electron chi connectivity index (χ3n) is 4.50. The lowest BCUT2D eigenvalue weighted by atomic mass is 10.0. The summed E-state index contributed by atoms with van der Waals surface area (Å²) in [5.41, 5.74) is 10.7. The van der Waals surface area contributed by atoms with Gasteiger partial charge < -0.3 is 5.73 Å². The molecule has 3 heterocycles. The summed E-state index contributed by atoms with van der Waals surface area (Å²) >= 11 is 1.42. The maximum atomic E-state index is 12.8. The van der Waals surface area contributed by atoms with Crippen LogP contribution in [0.2, 0.25) is 0 Å². The molecule has 2 N–H and O–H groups in total. The number of anilines is 1. The Morgan fingerprint density at radius 1 is 1.11 bits per heavy atom. The Labute approximate surface area is 170 Å². The highest BCUT2D eigenvalue weighted by Crippen LogP contribution is 2.42. The molecule has 0 unspecified atom stereocenters. The molecular weight excluding hydrogens is 388 g/mol. The zero-order valence-corrected chi connectivity index (χ0v) is 17.1. The van der Waals surface area contributed by atoms with Crippen molar-refractivity contribution in [2.45, 2.75) is 24.0 Å². The number of unbranched alkanes of at least 4 members (excludes halogenated alkanes) is 1. The summed E-state index contributed by atoms with van der Waals surface area (Å²) in [6.45, 7) is 2.09. The maximum Gasteiger partial charge on any atom is 0.127 e. The zero-order valence-electron chi connectivity index (χ0n) is 15.5. The van der Waals surface area contributed by atoms with Crippen LogP contribution < -0.4 is 5.73 Å². The van der Waals surface area contributed by atoms with E-state index in [1.807, 2.05) is 36.4 Å². The Kier molecular flexibility index (Phi) is 5.45. The predicted octanol–water partition coefficient (Wildman–Crippen LogP) is 4.91. The Balaban J connectivity index is 1.95. The van der Waals surface area contributed by atoms with Crippen LogP contribution in [0.4, 0.5) is 5.69 Å². The van der Waals surface area contributed by atoms with E-state index in [0.717, 1.165) is 49.7 Å². The predicted molar refractivity (Wildman–Crippen MR) is 117 cm³/mol. The second-order valence-corrected chi connectivity index (χ2v) is 9.20. The molecule has 5 nitrogen and oxygen atoms in total. The van der Waals surface area contributed by atoms with Crippen LogP contribution in [0.1, 0.15) is 19.8 Å². The first-order valence-corrected chi connectivity index (χ1v) is 11.2. The highest BCUT2D eigenvalue weighted by atomic mass is 32.2. The average Bonchev–Trinajstić information content (AvgIpc) is 3.09. The molecule has 4 aromatic rings. The normalized spacial score (nSPS) is 12.3. The molecule has 0 radical (unpaired) electrons. The highest BCUT2D eigenvalue weighted by Gasteiger charge is 2.20. The van der Waals surface area contributed by atoms with Gasteiger partial charge in [0.2, 0.25) is 0 Å². The molecule has 3 aromatic heterocycles. The number of nitrogens with two attached hydrogens (primary N) is 1. The summed E-state index contributed by atoms with van der Waals surface area (Å²) in [7, 11) is -1.11. The van der Waals surface area contributed by atoms with Crippen LogP contribution in [0.25, 0.3) is 32.6 Å². The summed E-state index contributed by atoms with van der Waals surface area (Å²) in [5, 5.41) is 0.872. The molecule has 0 spiro atoms. The molecule has 0 aliphatic rings. The highest BCUT2D eigenvalue weighted by molar-refractivity contribution is 7.87. The van der Waals surface area contributed by atoms with Crippen molar-refractivity contribution in [1.29, 1.82) is 0 Å². The first-order valence-electron chi connectivity index (χ1n) is 9.11. The van der Waals surface area contributed by atoms with Gasteiger partial charge in [-0.3, -0.25) is 4.21 Å². The zero-order chi connectivity index (χ0) is 19.5. The lowest BCUT2D eigenvalue weighted by Crippen LogP contribution is -1.99. The Morgan fingerprint density at radius 3 is 2.57 bits per heavy atom. The second-order valence-electron chi connectivity index (χ2n) is 6.43. The molecular formula is C21H20N4OS2. The van der Waals surface area contributed by atoms with Crippen molar-refractivity contribution in [1.82, 2.24) is 15.0 Å². The molecule has 142 valence electrons. The molecule has 0 aliphatic carbocycles. The van der Waals surface area contributed by atoms with Gasteiger partial charge in [0.15, 0.2) is 0 Å². The van der Waals surface area contributed by atoms with E-state index in [0.29, 0.717) is 11.4 Å². The summed E-state index contributed by atoms with van der Waals surface area (Å²) in [6, 6.07) is 12.1. The molecule has 0 saturated heterocycles. The Bertz CT molecular complexity index is 1130. The Morgan fingerprint density at radius 2 is 1.86 bits per heavy atom. The van der Waals surface area contributed by atoms with Gasteiger partial charge in [-0.1, -0.05) is 43.7 Å². The van der Waals surface area contributed by atoms with Crippen LogP contribution in [0.3, 0.4) is 0 Å². The van der Waals surface area contributed by atoms with E-state index in [1.165, 1.54) is 17.7 Å².